The first-order chi connectivity index (χ1) is 7.72. The summed E-state index contributed by atoms with van der Waals surface area (Å²) in [5, 5.41) is 9.82. The predicted molar refractivity (Wildman–Crippen MR) is 60.7 cm³/mol. The lowest BCUT2D eigenvalue weighted by atomic mass is 10.1. The molecule has 0 spiro atoms. The maximum absolute atomic E-state index is 9.82. The molecule has 1 aromatic carbocycles. The van der Waals surface area contributed by atoms with E-state index in [-0.39, 0.29) is 6.79 Å². The Labute approximate surface area is 95.8 Å². The van der Waals surface area contributed by atoms with Gasteiger partial charge in [0.2, 0.25) is 0 Å². The largest absolute Gasteiger partial charge is 0.496 e. The Kier molecular flexibility index (Phi) is 5.08. The second-order valence-corrected chi connectivity index (χ2v) is 3.38. The van der Waals surface area contributed by atoms with Crippen molar-refractivity contribution >= 4 is 0 Å². The van der Waals surface area contributed by atoms with Gasteiger partial charge in [0.05, 0.1) is 13.2 Å². The third kappa shape index (κ3) is 3.12. The molecule has 0 aliphatic heterocycles. The van der Waals surface area contributed by atoms with Gasteiger partial charge in [0.15, 0.2) is 6.79 Å². The normalized spacial score (nSPS) is 12.2. The molecule has 16 heavy (non-hydrogen) atoms. The van der Waals surface area contributed by atoms with Crippen molar-refractivity contribution in [1.82, 2.24) is 0 Å². The second kappa shape index (κ2) is 6.35. The minimum atomic E-state index is -0.541. The van der Waals surface area contributed by atoms with Crippen molar-refractivity contribution in [2.45, 2.75) is 19.4 Å². The van der Waals surface area contributed by atoms with E-state index in [2.05, 4.69) is 0 Å². The van der Waals surface area contributed by atoms with Crippen molar-refractivity contribution in [3.8, 4) is 11.5 Å². The molecule has 0 fully saturated rings. The lowest BCUT2D eigenvalue weighted by Crippen LogP contribution is -2.02. The SMILES string of the molecule is CCC(O)c1cc(OCOC)ccc1OC. The summed E-state index contributed by atoms with van der Waals surface area (Å²) < 4.78 is 15.3. The third-order valence-corrected chi connectivity index (χ3v) is 2.29. The molecular formula is C12H18O4. The van der Waals surface area contributed by atoms with E-state index in [4.69, 9.17) is 14.2 Å². The van der Waals surface area contributed by atoms with Crippen LogP contribution >= 0.6 is 0 Å². The molecule has 1 rings (SSSR count). The van der Waals surface area contributed by atoms with E-state index in [1.54, 1.807) is 32.4 Å². The van der Waals surface area contributed by atoms with E-state index in [0.29, 0.717) is 17.9 Å². The molecule has 90 valence electrons. The van der Waals surface area contributed by atoms with Crippen LogP contribution in [0.2, 0.25) is 0 Å². The van der Waals surface area contributed by atoms with Crippen LogP contribution in [0.5, 0.6) is 11.5 Å². The maximum atomic E-state index is 9.82. The topological polar surface area (TPSA) is 47.9 Å². The molecular weight excluding hydrogens is 208 g/mol. The van der Waals surface area contributed by atoms with Gasteiger partial charge in [-0.15, -0.1) is 0 Å². The van der Waals surface area contributed by atoms with Crippen LogP contribution < -0.4 is 9.47 Å². The average molecular weight is 226 g/mol. The molecule has 0 aliphatic carbocycles. The van der Waals surface area contributed by atoms with E-state index in [1.165, 1.54) is 0 Å². The highest BCUT2D eigenvalue weighted by molar-refractivity contribution is 5.41. The van der Waals surface area contributed by atoms with Crippen LogP contribution in [0.3, 0.4) is 0 Å². The van der Waals surface area contributed by atoms with Crippen molar-refractivity contribution in [2.24, 2.45) is 0 Å². The summed E-state index contributed by atoms with van der Waals surface area (Å²) in [5.41, 5.74) is 0.735. The van der Waals surface area contributed by atoms with Gasteiger partial charge in [0.1, 0.15) is 11.5 Å². The van der Waals surface area contributed by atoms with Gasteiger partial charge >= 0.3 is 0 Å². The molecule has 1 N–H and O–H groups in total. The van der Waals surface area contributed by atoms with Gasteiger partial charge in [-0.25, -0.2) is 0 Å². The molecule has 4 nitrogen and oxygen atoms in total. The Morgan fingerprint density at radius 2 is 2.06 bits per heavy atom. The molecule has 0 bridgehead atoms. The van der Waals surface area contributed by atoms with Crippen LogP contribution in [0.1, 0.15) is 25.0 Å². The van der Waals surface area contributed by atoms with E-state index >= 15 is 0 Å². The van der Waals surface area contributed by atoms with Crippen LogP contribution in [0, 0.1) is 0 Å². The van der Waals surface area contributed by atoms with Crippen LogP contribution in [-0.2, 0) is 4.74 Å². The zero-order valence-corrected chi connectivity index (χ0v) is 9.90. The Hall–Kier alpha value is -1.26. The quantitative estimate of drug-likeness (QED) is 0.755. The Morgan fingerprint density at radius 1 is 1.31 bits per heavy atom. The lowest BCUT2D eigenvalue weighted by molar-refractivity contribution is 0.0507. The molecule has 0 saturated carbocycles. The molecule has 1 aromatic rings. The molecule has 0 saturated heterocycles. The minimum absolute atomic E-state index is 0.188. The van der Waals surface area contributed by atoms with Gasteiger partial charge in [-0.1, -0.05) is 6.92 Å². The van der Waals surface area contributed by atoms with Gasteiger partial charge in [0.25, 0.3) is 0 Å². The zero-order valence-electron chi connectivity index (χ0n) is 9.90. The van der Waals surface area contributed by atoms with Crippen molar-refractivity contribution in [1.29, 1.82) is 0 Å². The standard InChI is InChI=1S/C12H18O4/c1-4-11(13)10-7-9(16-8-14-2)5-6-12(10)15-3/h5-7,11,13H,4,8H2,1-3H3. The average Bonchev–Trinajstić information content (AvgIpc) is 2.35. The summed E-state index contributed by atoms with van der Waals surface area (Å²) in [5.74, 6) is 1.32. The predicted octanol–water partition coefficient (Wildman–Crippen LogP) is 2.12. The number of aliphatic hydroxyl groups is 1. The van der Waals surface area contributed by atoms with E-state index in [9.17, 15) is 5.11 Å². The van der Waals surface area contributed by atoms with Crippen molar-refractivity contribution < 1.29 is 19.3 Å². The number of ether oxygens (including phenoxy) is 3. The fourth-order valence-corrected chi connectivity index (χ4v) is 1.41. The Balaban J connectivity index is 2.92. The highest BCUT2D eigenvalue weighted by atomic mass is 16.7. The maximum Gasteiger partial charge on any atom is 0.188 e. The molecule has 0 radical (unpaired) electrons. The lowest BCUT2D eigenvalue weighted by Gasteiger charge is -2.14. The highest BCUT2D eigenvalue weighted by Gasteiger charge is 2.12. The molecule has 1 unspecified atom stereocenters. The number of hydrogen-bond donors (Lipinski definition) is 1. The first-order valence-corrected chi connectivity index (χ1v) is 5.20. The zero-order chi connectivity index (χ0) is 12.0. The van der Waals surface area contributed by atoms with Gasteiger partial charge in [0, 0.05) is 12.7 Å². The molecule has 0 aromatic heterocycles. The molecule has 0 aliphatic rings. The van der Waals surface area contributed by atoms with Gasteiger partial charge < -0.3 is 19.3 Å². The molecule has 4 heteroatoms. The third-order valence-electron chi connectivity index (χ3n) is 2.29. The number of hydrogen-bond acceptors (Lipinski definition) is 4. The monoisotopic (exact) mass is 226 g/mol. The second-order valence-electron chi connectivity index (χ2n) is 3.38. The fourth-order valence-electron chi connectivity index (χ4n) is 1.41. The summed E-state index contributed by atoms with van der Waals surface area (Å²) in [4.78, 5) is 0. The highest BCUT2D eigenvalue weighted by Crippen LogP contribution is 2.30. The van der Waals surface area contributed by atoms with Gasteiger partial charge in [-0.3, -0.25) is 0 Å². The van der Waals surface area contributed by atoms with Crippen molar-refractivity contribution in [3.05, 3.63) is 23.8 Å². The molecule has 1 atom stereocenters. The minimum Gasteiger partial charge on any atom is -0.496 e. The Morgan fingerprint density at radius 3 is 2.62 bits per heavy atom. The van der Waals surface area contributed by atoms with E-state index in [0.717, 1.165) is 5.56 Å². The smallest absolute Gasteiger partial charge is 0.188 e. The van der Waals surface area contributed by atoms with E-state index in [1.807, 2.05) is 6.92 Å². The van der Waals surface area contributed by atoms with Crippen molar-refractivity contribution in [2.75, 3.05) is 21.0 Å². The number of aliphatic hydroxyl groups excluding tert-OH is 1. The first-order valence-electron chi connectivity index (χ1n) is 5.20. The van der Waals surface area contributed by atoms with Crippen molar-refractivity contribution in [3.63, 3.8) is 0 Å². The number of benzene rings is 1. The van der Waals surface area contributed by atoms with Gasteiger partial charge in [-0.2, -0.15) is 0 Å². The summed E-state index contributed by atoms with van der Waals surface area (Å²) in [6.45, 7) is 2.10. The van der Waals surface area contributed by atoms with Crippen LogP contribution in [0.15, 0.2) is 18.2 Å². The molecule has 0 amide bonds. The van der Waals surface area contributed by atoms with Gasteiger partial charge in [-0.05, 0) is 24.6 Å². The molecule has 0 heterocycles. The summed E-state index contributed by atoms with van der Waals surface area (Å²) >= 11 is 0. The summed E-state index contributed by atoms with van der Waals surface area (Å²) in [6.07, 6.45) is 0.0884. The van der Waals surface area contributed by atoms with Crippen LogP contribution in [0.25, 0.3) is 0 Å². The first kappa shape index (κ1) is 12.8. The van der Waals surface area contributed by atoms with Crippen LogP contribution in [0.4, 0.5) is 0 Å². The summed E-state index contributed by atoms with van der Waals surface area (Å²) in [6, 6.07) is 5.33. The van der Waals surface area contributed by atoms with E-state index < -0.39 is 6.10 Å². The summed E-state index contributed by atoms with van der Waals surface area (Å²) in [7, 11) is 3.14. The number of methoxy groups -OCH3 is 2. The Bertz CT molecular complexity index is 325. The van der Waals surface area contributed by atoms with Crippen LogP contribution in [-0.4, -0.2) is 26.1 Å². The number of rotatable bonds is 6. The fraction of sp³-hybridized carbons (Fsp3) is 0.500.